The molecule has 0 saturated carbocycles. The Morgan fingerprint density at radius 1 is 1.67 bits per heavy atom. The van der Waals surface area contributed by atoms with Gasteiger partial charge in [-0.05, 0) is 6.92 Å². The van der Waals surface area contributed by atoms with E-state index in [-0.39, 0.29) is 5.43 Å². The van der Waals surface area contributed by atoms with Gasteiger partial charge in [-0.2, -0.15) is 5.10 Å². The Kier molecular flexibility index (Phi) is 1.34. The summed E-state index contributed by atoms with van der Waals surface area (Å²) in [5.74, 6) is 0. The van der Waals surface area contributed by atoms with Gasteiger partial charge in [0, 0.05) is 19.3 Å². The van der Waals surface area contributed by atoms with Gasteiger partial charge in [0.1, 0.15) is 5.69 Å². The van der Waals surface area contributed by atoms with Gasteiger partial charge < -0.3 is 0 Å². The maximum atomic E-state index is 10.7. The van der Waals surface area contributed by atoms with Crippen molar-refractivity contribution in [3.8, 4) is 0 Å². The van der Waals surface area contributed by atoms with Gasteiger partial charge in [0.05, 0.1) is 0 Å². The molecule has 0 amide bonds. The molecule has 9 heavy (non-hydrogen) atoms. The fraction of sp³-hybridized carbons (Fsp3) is 0.333. The lowest BCUT2D eigenvalue weighted by atomic mass is 10.4. The monoisotopic (exact) mass is 124 g/mol. The van der Waals surface area contributed by atoms with Crippen molar-refractivity contribution < 1.29 is 0 Å². The van der Waals surface area contributed by atoms with Crippen LogP contribution >= 0.6 is 0 Å². The molecule has 3 nitrogen and oxygen atoms in total. The largest absolute Gasteiger partial charge is 0.288 e. The van der Waals surface area contributed by atoms with Crippen LogP contribution in [0.2, 0.25) is 0 Å². The maximum absolute atomic E-state index is 10.7. The van der Waals surface area contributed by atoms with E-state index < -0.39 is 0 Å². The molecular formula is C6H8N2O. The Hall–Kier alpha value is -1.12. The van der Waals surface area contributed by atoms with E-state index in [0.717, 1.165) is 0 Å². The summed E-state index contributed by atoms with van der Waals surface area (Å²) in [4.78, 5) is 10.7. The quantitative estimate of drug-likeness (QED) is 0.491. The topological polar surface area (TPSA) is 34.9 Å². The summed E-state index contributed by atoms with van der Waals surface area (Å²) in [5.41, 5.74) is 0.535. The molecule has 0 aliphatic rings. The van der Waals surface area contributed by atoms with Crippen LogP contribution in [0, 0.1) is 6.92 Å². The van der Waals surface area contributed by atoms with Crippen LogP contribution in [0.25, 0.3) is 0 Å². The third-order valence-electron chi connectivity index (χ3n) is 1.11. The summed E-state index contributed by atoms with van der Waals surface area (Å²) in [6.07, 6.45) is 1.63. The molecule has 0 spiro atoms. The molecule has 1 rings (SSSR count). The van der Waals surface area contributed by atoms with E-state index in [9.17, 15) is 4.79 Å². The second kappa shape index (κ2) is 2.01. The smallest absolute Gasteiger partial charge is 0.203 e. The summed E-state index contributed by atoms with van der Waals surface area (Å²) in [5, 5.41) is 3.88. The molecule has 0 N–H and O–H groups in total. The van der Waals surface area contributed by atoms with Crippen LogP contribution < -0.4 is 5.43 Å². The van der Waals surface area contributed by atoms with E-state index in [0.29, 0.717) is 5.69 Å². The molecule has 0 saturated heterocycles. The zero-order valence-electron chi connectivity index (χ0n) is 5.46. The SMILES string of the molecule is Cc1nn(C)ccc1=O. The van der Waals surface area contributed by atoms with E-state index in [1.165, 1.54) is 6.07 Å². The van der Waals surface area contributed by atoms with E-state index in [2.05, 4.69) is 5.10 Å². The Morgan fingerprint density at radius 3 is 2.78 bits per heavy atom. The molecule has 0 atom stereocenters. The van der Waals surface area contributed by atoms with Crippen LogP contribution in [0.15, 0.2) is 17.1 Å². The minimum Gasteiger partial charge on any atom is -0.288 e. The molecular weight excluding hydrogens is 116 g/mol. The number of nitrogens with zero attached hydrogens (tertiary/aromatic N) is 2. The summed E-state index contributed by atoms with van der Waals surface area (Å²) in [7, 11) is 1.78. The highest BCUT2D eigenvalue weighted by molar-refractivity contribution is 4.97. The van der Waals surface area contributed by atoms with Gasteiger partial charge in [-0.1, -0.05) is 0 Å². The molecule has 1 aromatic heterocycles. The molecule has 0 fully saturated rings. The van der Waals surface area contributed by atoms with Crippen LogP contribution in [0.1, 0.15) is 5.69 Å². The third kappa shape index (κ3) is 1.16. The van der Waals surface area contributed by atoms with Gasteiger partial charge in [0.15, 0.2) is 0 Å². The van der Waals surface area contributed by atoms with Gasteiger partial charge in [0.25, 0.3) is 0 Å². The van der Waals surface area contributed by atoms with Crippen molar-refractivity contribution in [2.24, 2.45) is 7.05 Å². The lowest BCUT2D eigenvalue weighted by Crippen LogP contribution is -2.10. The summed E-state index contributed by atoms with van der Waals surface area (Å²) >= 11 is 0. The molecule has 0 aliphatic carbocycles. The van der Waals surface area contributed by atoms with E-state index in [4.69, 9.17) is 0 Å². The molecule has 0 aliphatic heterocycles. The molecule has 3 heteroatoms. The standard InChI is InChI=1S/C6H8N2O/c1-5-6(9)3-4-8(2)7-5/h3-4H,1-2H3. The average Bonchev–Trinajstić information content (AvgIpc) is 1.80. The van der Waals surface area contributed by atoms with Crippen molar-refractivity contribution in [2.75, 3.05) is 0 Å². The van der Waals surface area contributed by atoms with E-state index in [1.54, 1.807) is 24.9 Å². The number of aryl methyl sites for hydroxylation is 2. The molecule has 1 heterocycles. The highest BCUT2D eigenvalue weighted by atomic mass is 16.1. The number of hydrogen-bond acceptors (Lipinski definition) is 2. The van der Waals surface area contributed by atoms with Crippen molar-refractivity contribution in [1.82, 2.24) is 9.78 Å². The lowest BCUT2D eigenvalue weighted by Gasteiger charge is -1.93. The van der Waals surface area contributed by atoms with Gasteiger partial charge in [-0.15, -0.1) is 0 Å². The van der Waals surface area contributed by atoms with Crippen LogP contribution in [0.5, 0.6) is 0 Å². The lowest BCUT2D eigenvalue weighted by molar-refractivity contribution is 0.717. The van der Waals surface area contributed by atoms with Crippen molar-refractivity contribution in [1.29, 1.82) is 0 Å². The van der Waals surface area contributed by atoms with Crippen LogP contribution in [0.3, 0.4) is 0 Å². The Morgan fingerprint density at radius 2 is 2.33 bits per heavy atom. The maximum Gasteiger partial charge on any atom is 0.203 e. The summed E-state index contributed by atoms with van der Waals surface area (Å²) in [6, 6.07) is 1.50. The Balaban J connectivity index is 3.34. The number of rotatable bonds is 0. The second-order valence-electron chi connectivity index (χ2n) is 1.94. The third-order valence-corrected chi connectivity index (χ3v) is 1.11. The molecule has 0 radical (unpaired) electrons. The molecule has 0 unspecified atom stereocenters. The fourth-order valence-corrected chi connectivity index (χ4v) is 0.615. The van der Waals surface area contributed by atoms with Crippen LogP contribution in [0.4, 0.5) is 0 Å². The van der Waals surface area contributed by atoms with Gasteiger partial charge in [0.2, 0.25) is 5.43 Å². The predicted molar refractivity (Wildman–Crippen MR) is 34.2 cm³/mol. The van der Waals surface area contributed by atoms with Gasteiger partial charge in [-0.25, -0.2) is 0 Å². The average molecular weight is 124 g/mol. The molecule has 0 bridgehead atoms. The Labute approximate surface area is 52.9 Å². The fourth-order valence-electron chi connectivity index (χ4n) is 0.615. The normalized spacial score (nSPS) is 9.56. The van der Waals surface area contributed by atoms with Crippen LogP contribution in [-0.4, -0.2) is 9.78 Å². The minimum atomic E-state index is -0.00639. The first-order valence-electron chi connectivity index (χ1n) is 2.71. The van der Waals surface area contributed by atoms with E-state index >= 15 is 0 Å². The van der Waals surface area contributed by atoms with E-state index in [1.807, 2.05) is 0 Å². The predicted octanol–water partition coefficient (Wildman–Crippen LogP) is 0.0887. The van der Waals surface area contributed by atoms with Crippen molar-refractivity contribution in [3.63, 3.8) is 0 Å². The second-order valence-corrected chi connectivity index (χ2v) is 1.94. The number of hydrogen-bond donors (Lipinski definition) is 0. The molecule has 48 valence electrons. The minimum absolute atomic E-state index is 0.00639. The van der Waals surface area contributed by atoms with Crippen LogP contribution in [-0.2, 0) is 7.05 Å². The van der Waals surface area contributed by atoms with Gasteiger partial charge >= 0.3 is 0 Å². The zero-order chi connectivity index (χ0) is 6.85. The first kappa shape index (κ1) is 6.01. The first-order valence-corrected chi connectivity index (χ1v) is 2.71. The van der Waals surface area contributed by atoms with Crippen molar-refractivity contribution in [3.05, 3.63) is 28.2 Å². The van der Waals surface area contributed by atoms with Gasteiger partial charge in [-0.3, -0.25) is 9.48 Å². The summed E-state index contributed by atoms with van der Waals surface area (Å²) < 4.78 is 1.61. The highest BCUT2D eigenvalue weighted by Gasteiger charge is 1.89. The highest BCUT2D eigenvalue weighted by Crippen LogP contribution is 1.77. The molecule has 0 aromatic carbocycles. The van der Waals surface area contributed by atoms with Crippen molar-refractivity contribution >= 4 is 0 Å². The Bertz CT molecular complexity index is 264. The van der Waals surface area contributed by atoms with Crippen molar-refractivity contribution in [2.45, 2.75) is 6.92 Å². The first-order chi connectivity index (χ1) is 4.20. The number of aromatic nitrogens is 2. The zero-order valence-corrected chi connectivity index (χ0v) is 5.46. The molecule has 1 aromatic rings. The summed E-state index contributed by atoms with van der Waals surface area (Å²) in [6.45, 7) is 1.70.